The molecule has 2 aromatic rings. The van der Waals surface area contributed by atoms with Crippen molar-refractivity contribution in [1.29, 1.82) is 0 Å². The Labute approximate surface area is 148 Å². The fourth-order valence-electron chi connectivity index (χ4n) is 3.32. The second-order valence-corrected chi connectivity index (χ2v) is 6.71. The Morgan fingerprint density at radius 3 is 2.80 bits per heavy atom. The minimum absolute atomic E-state index is 0.167. The maximum Gasteiger partial charge on any atom is 0.223 e. The Bertz CT molecular complexity index is 720. The van der Waals surface area contributed by atoms with E-state index in [1.54, 1.807) is 14.0 Å². The molecular weight excluding hydrogens is 318 g/mol. The molecule has 0 bridgehead atoms. The number of ether oxygens (including phenoxy) is 1. The molecule has 2 heterocycles. The van der Waals surface area contributed by atoms with Gasteiger partial charge in [-0.05, 0) is 36.5 Å². The molecule has 25 heavy (non-hydrogen) atoms. The predicted octanol–water partition coefficient (Wildman–Crippen LogP) is 3.29. The first kappa shape index (κ1) is 17.5. The van der Waals surface area contributed by atoms with Crippen LogP contribution in [0.3, 0.4) is 0 Å². The highest BCUT2D eigenvalue weighted by atomic mass is 16.5. The number of carbonyl (C=O) groups is 1. The molecule has 0 aliphatic carbocycles. The molecular formula is C19H25N3O3. The molecule has 1 aliphatic rings. The summed E-state index contributed by atoms with van der Waals surface area (Å²) >= 11 is 0. The number of nitrogens with zero attached hydrogens (tertiary/aromatic N) is 3. The van der Waals surface area contributed by atoms with Crippen LogP contribution in [-0.4, -0.2) is 41.1 Å². The third-order valence-electron chi connectivity index (χ3n) is 4.90. The number of aromatic nitrogens is 2. The predicted molar refractivity (Wildman–Crippen MR) is 93.6 cm³/mol. The molecule has 6 nitrogen and oxygen atoms in total. The molecule has 1 aromatic heterocycles. The molecule has 1 aromatic carbocycles. The number of benzene rings is 1. The van der Waals surface area contributed by atoms with Crippen molar-refractivity contribution in [3.63, 3.8) is 0 Å². The molecule has 1 saturated heterocycles. The zero-order chi connectivity index (χ0) is 17.8. The normalized spacial score (nSPS) is 16.7. The van der Waals surface area contributed by atoms with Crippen molar-refractivity contribution in [2.45, 2.75) is 44.9 Å². The molecule has 0 N–H and O–H groups in total. The Kier molecular flexibility index (Phi) is 5.36. The van der Waals surface area contributed by atoms with E-state index in [9.17, 15) is 4.79 Å². The van der Waals surface area contributed by atoms with Crippen LogP contribution in [0.2, 0.25) is 0 Å². The van der Waals surface area contributed by atoms with Gasteiger partial charge < -0.3 is 14.2 Å². The molecule has 3 rings (SSSR count). The molecule has 1 amide bonds. The average Bonchev–Trinajstić information content (AvgIpc) is 3.08. The molecule has 0 saturated carbocycles. The molecule has 0 spiro atoms. The topological polar surface area (TPSA) is 68.5 Å². The van der Waals surface area contributed by atoms with E-state index in [1.165, 1.54) is 0 Å². The first-order valence-corrected chi connectivity index (χ1v) is 8.78. The van der Waals surface area contributed by atoms with Crippen LogP contribution in [0, 0.1) is 6.92 Å². The Hall–Kier alpha value is -2.37. The van der Waals surface area contributed by atoms with Gasteiger partial charge in [0.05, 0.1) is 7.11 Å². The lowest BCUT2D eigenvalue weighted by atomic mass is 9.94. The summed E-state index contributed by atoms with van der Waals surface area (Å²) in [7, 11) is 1.66. The minimum atomic E-state index is 0.167. The van der Waals surface area contributed by atoms with Crippen LogP contribution in [-0.2, 0) is 4.79 Å². The van der Waals surface area contributed by atoms with Crippen LogP contribution in [0.15, 0.2) is 28.8 Å². The number of rotatable bonds is 5. The second-order valence-electron chi connectivity index (χ2n) is 6.71. The molecule has 1 aliphatic heterocycles. The monoisotopic (exact) mass is 343 g/mol. The molecule has 1 unspecified atom stereocenters. The largest absolute Gasteiger partial charge is 0.497 e. The number of piperidine rings is 1. The molecule has 0 radical (unpaired) electrons. The van der Waals surface area contributed by atoms with E-state index in [0.29, 0.717) is 12.3 Å². The van der Waals surface area contributed by atoms with Crippen molar-refractivity contribution in [2.24, 2.45) is 0 Å². The summed E-state index contributed by atoms with van der Waals surface area (Å²) in [5.41, 5.74) is 1.13. The van der Waals surface area contributed by atoms with Crippen molar-refractivity contribution in [2.75, 3.05) is 20.2 Å². The van der Waals surface area contributed by atoms with Crippen LogP contribution in [0.25, 0.3) is 0 Å². The second kappa shape index (κ2) is 7.68. The SMILES string of the molecule is COc1cccc(C(C)CC(=O)N2CCC(c3noc(C)n3)CC2)c1. The van der Waals surface area contributed by atoms with Crippen molar-refractivity contribution >= 4 is 5.91 Å². The third-order valence-corrected chi connectivity index (χ3v) is 4.90. The smallest absolute Gasteiger partial charge is 0.223 e. The maximum atomic E-state index is 12.6. The third kappa shape index (κ3) is 4.18. The lowest BCUT2D eigenvalue weighted by molar-refractivity contribution is -0.132. The van der Waals surface area contributed by atoms with Gasteiger partial charge in [-0.3, -0.25) is 4.79 Å². The molecule has 6 heteroatoms. The van der Waals surface area contributed by atoms with Crippen molar-refractivity contribution in [3.8, 4) is 5.75 Å². The zero-order valence-corrected chi connectivity index (χ0v) is 15.1. The van der Waals surface area contributed by atoms with E-state index >= 15 is 0 Å². The lowest BCUT2D eigenvalue weighted by Gasteiger charge is -2.31. The first-order valence-electron chi connectivity index (χ1n) is 8.78. The van der Waals surface area contributed by atoms with Crippen LogP contribution in [0.1, 0.15) is 55.3 Å². The summed E-state index contributed by atoms with van der Waals surface area (Å²) in [6.45, 7) is 5.39. The van der Waals surface area contributed by atoms with Crippen LogP contribution in [0.5, 0.6) is 5.75 Å². The Morgan fingerprint density at radius 2 is 2.16 bits per heavy atom. The summed E-state index contributed by atoms with van der Waals surface area (Å²) in [5, 5.41) is 4.01. The van der Waals surface area contributed by atoms with Gasteiger partial charge in [-0.1, -0.05) is 24.2 Å². The van der Waals surface area contributed by atoms with Gasteiger partial charge >= 0.3 is 0 Å². The Balaban J connectivity index is 1.53. The van der Waals surface area contributed by atoms with E-state index in [1.807, 2.05) is 29.2 Å². The van der Waals surface area contributed by atoms with Crippen molar-refractivity contribution in [1.82, 2.24) is 15.0 Å². The number of carbonyl (C=O) groups excluding carboxylic acids is 1. The number of likely N-dealkylation sites (tertiary alicyclic amines) is 1. The number of aryl methyl sites for hydroxylation is 1. The van der Waals surface area contributed by atoms with Gasteiger partial charge in [0, 0.05) is 32.4 Å². The first-order chi connectivity index (χ1) is 12.1. The Morgan fingerprint density at radius 1 is 1.40 bits per heavy atom. The quantitative estimate of drug-likeness (QED) is 0.833. The minimum Gasteiger partial charge on any atom is -0.497 e. The molecule has 134 valence electrons. The fourth-order valence-corrected chi connectivity index (χ4v) is 3.32. The van der Waals surface area contributed by atoms with E-state index in [-0.39, 0.29) is 17.7 Å². The summed E-state index contributed by atoms with van der Waals surface area (Å²) in [4.78, 5) is 18.9. The van der Waals surface area contributed by atoms with Gasteiger partial charge in [-0.15, -0.1) is 0 Å². The lowest BCUT2D eigenvalue weighted by Crippen LogP contribution is -2.38. The standard InChI is InChI=1S/C19H25N3O3/c1-13(16-5-4-6-17(12-16)24-3)11-18(23)22-9-7-15(8-10-22)19-20-14(2)25-21-19/h4-6,12-13,15H,7-11H2,1-3H3. The number of methoxy groups -OCH3 is 1. The van der Waals surface area contributed by atoms with Crippen LogP contribution >= 0.6 is 0 Å². The van der Waals surface area contributed by atoms with Gasteiger partial charge in [0.15, 0.2) is 5.82 Å². The van der Waals surface area contributed by atoms with Gasteiger partial charge in [-0.2, -0.15) is 4.98 Å². The van der Waals surface area contributed by atoms with Gasteiger partial charge in [0.2, 0.25) is 11.8 Å². The highest BCUT2D eigenvalue weighted by Gasteiger charge is 2.27. The maximum absolute atomic E-state index is 12.6. The fraction of sp³-hybridized carbons (Fsp3) is 0.526. The van der Waals surface area contributed by atoms with Gasteiger partial charge in [-0.25, -0.2) is 0 Å². The van der Waals surface area contributed by atoms with Crippen molar-refractivity contribution < 1.29 is 14.1 Å². The highest BCUT2D eigenvalue weighted by molar-refractivity contribution is 5.77. The summed E-state index contributed by atoms with van der Waals surface area (Å²) in [6, 6.07) is 7.93. The average molecular weight is 343 g/mol. The van der Waals surface area contributed by atoms with Gasteiger partial charge in [0.1, 0.15) is 5.75 Å². The summed E-state index contributed by atoms with van der Waals surface area (Å²) in [6.07, 6.45) is 2.29. The number of hydrogen-bond acceptors (Lipinski definition) is 5. The number of amides is 1. The van der Waals surface area contributed by atoms with E-state index < -0.39 is 0 Å². The molecule has 1 atom stereocenters. The van der Waals surface area contributed by atoms with Crippen LogP contribution < -0.4 is 4.74 Å². The summed E-state index contributed by atoms with van der Waals surface area (Å²) in [5.74, 6) is 2.86. The van der Waals surface area contributed by atoms with E-state index in [4.69, 9.17) is 9.26 Å². The van der Waals surface area contributed by atoms with Crippen molar-refractivity contribution in [3.05, 3.63) is 41.5 Å². The zero-order valence-electron chi connectivity index (χ0n) is 15.1. The van der Waals surface area contributed by atoms with Crippen LogP contribution in [0.4, 0.5) is 0 Å². The highest BCUT2D eigenvalue weighted by Crippen LogP contribution is 2.28. The van der Waals surface area contributed by atoms with E-state index in [2.05, 4.69) is 17.1 Å². The number of hydrogen-bond donors (Lipinski definition) is 0. The summed E-state index contributed by atoms with van der Waals surface area (Å²) < 4.78 is 10.3. The van der Waals surface area contributed by atoms with E-state index in [0.717, 1.165) is 43.1 Å². The molecule has 1 fully saturated rings. The van der Waals surface area contributed by atoms with Gasteiger partial charge in [0.25, 0.3) is 0 Å².